The number of primary amides is 1. The van der Waals surface area contributed by atoms with Crippen LogP contribution in [0.1, 0.15) is 107 Å². The fourth-order valence-electron chi connectivity index (χ4n) is 5.64. The number of benzene rings is 1. The van der Waals surface area contributed by atoms with Gasteiger partial charge < -0.3 is 41.4 Å². The van der Waals surface area contributed by atoms with Crippen LogP contribution in [0.15, 0.2) is 30.3 Å². The number of nitrogens with one attached hydrogen (secondary N) is 4. The number of nitrogens with zero attached hydrogens (tertiary/aromatic N) is 1. The van der Waals surface area contributed by atoms with Gasteiger partial charge in [-0.05, 0) is 58.9 Å². The van der Waals surface area contributed by atoms with Gasteiger partial charge in [-0.2, -0.15) is 0 Å². The molecular weight excluding hydrogens is 672 g/mol. The number of ether oxygens (including phenoxy) is 2. The second-order valence-electron chi connectivity index (χ2n) is 16.1. The SMILES string of the molecule is CCCCC(NC(=O)C1CC(OC(C)(C)C)CN1C(=O)C(NC(=O)OC(C)(C)C)C(C)(C)C)C(=O)C(=O)NCC(=O)NC(C(N)=O)c1ccccc1. The molecule has 0 bridgehead atoms. The van der Waals surface area contributed by atoms with E-state index in [0.717, 1.165) is 0 Å². The van der Waals surface area contributed by atoms with Crippen molar-refractivity contribution in [1.29, 1.82) is 0 Å². The molecule has 1 aliphatic heterocycles. The van der Waals surface area contributed by atoms with Crippen molar-refractivity contribution < 1.29 is 43.0 Å². The Morgan fingerprint density at radius 2 is 1.50 bits per heavy atom. The van der Waals surface area contributed by atoms with E-state index in [9.17, 15) is 33.6 Å². The van der Waals surface area contributed by atoms with Crippen LogP contribution < -0.4 is 27.0 Å². The van der Waals surface area contributed by atoms with Crippen LogP contribution >= 0.6 is 0 Å². The van der Waals surface area contributed by atoms with Crippen LogP contribution in [0.25, 0.3) is 0 Å². The summed E-state index contributed by atoms with van der Waals surface area (Å²) in [6, 6.07) is 3.68. The smallest absolute Gasteiger partial charge is 0.408 e. The molecule has 52 heavy (non-hydrogen) atoms. The Hall–Kier alpha value is -4.53. The molecule has 0 spiro atoms. The predicted octanol–water partition coefficient (Wildman–Crippen LogP) is 2.41. The molecule has 1 fully saturated rings. The van der Waals surface area contributed by atoms with Crippen molar-refractivity contribution in [2.75, 3.05) is 13.1 Å². The number of likely N-dealkylation sites (tertiary alicyclic amines) is 1. The molecule has 1 aliphatic rings. The van der Waals surface area contributed by atoms with E-state index in [1.54, 1.807) is 71.9 Å². The monoisotopic (exact) mass is 730 g/mol. The lowest BCUT2D eigenvalue weighted by Crippen LogP contribution is -2.59. The minimum Gasteiger partial charge on any atom is -0.444 e. The molecule has 0 radical (unpaired) electrons. The number of carbonyl (C=O) groups excluding carboxylic acids is 7. The second-order valence-corrected chi connectivity index (χ2v) is 16.1. The van der Waals surface area contributed by atoms with Crippen molar-refractivity contribution in [1.82, 2.24) is 26.2 Å². The second kappa shape index (κ2) is 18.3. The minimum atomic E-state index is -1.27. The molecule has 5 unspecified atom stereocenters. The number of nitrogens with two attached hydrogens (primary N) is 1. The molecule has 1 heterocycles. The number of carbonyl (C=O) groups is 7. The lowest BCUT2D eigenvalue weighted by Gasteiger charge is -2.36. The van der Waals surface area contributed by atoms with Gasteiger partial charge in [-0.1, -0.05) is 70.9 Å². The van der Waals surface area contributed by atoms with Crippen molar-refractivity contribution >= 4 is 41.4 Å². The lowest BCUT2D eigenvalue weighted by molar-refractivity contribution is -0.144. The lowest BCUT2D eigenvalue weighted by atomic mass is 9.85. The van der Waals surface area contributed by atoms with Gasteiger partial charge in [0, 0.05) is 13.0 Å². The van der Waals surface area contributed by atoms with Crippen LogP contribution in [0.4, 0.5) is 4.79 Å². The zero-order valence-electron chi connectivity index (χ0n) is 32.2. The maximum atomic E-state index is 14.2. The Morgan fingerprint density at radius 3 is 2.02 bits per heavy atom. The predicted molar refractivity (Wildman–Crippen MR) is 193 cm³/mol. The Morgan fingerprint density at radius 1 is 0.885 bits per heavy atom. The van der Waals surface area contributed by atoms with Crippen molar-refractivity contribution in [3.05, 3.63) is 35.9 Å². The van der Waals surface area contributed by atoms with Crippen LogP contribution in [0, 0.1) is 5.41 Å². The molecule has 0 aromatic heterocycles. The normalized spacial score (nSPS) is 18.0. The van der Waals surface area contributed by atoms with E-state index in [2.05, 4.69) is 21.3 Å². The number of alkyl carbamates (subject to hydrolysis) is 1. The van der Waals surface area contributed by atoms with Gasteiger partial charge in [-0.15, -0.1) is 0 Å². The number of hydrogen-bond donors (Lipinski definition) is 5. The van der Waals surface area contributed by atoms with E-state index < -0.39 is 94.8 Å². The molecule has 290 valence electrons. The Bertz CT molecular complexity index is 1450. The summed E-state index contributed by atoms with van der Waals surface area (Å²) < 4.78 is 11.6. The quantitative estimate of drug-likeness (QED) is 0.167. The third-order valence-electron chi connectivity index (χ3n) is 7.98. The molecule has 5 atom stereocenters. The molecule has 0 saturated carbocycles. The molecule has 6 N–H and O–H groups in total. The summed E-state index contributed by atoms with van der Waals surface area (Å²) in [5.41, 5.74) is 3.69. The number of hydrogen-bond acceptors (Lipinski definition) is 9. The number of ketones is 1. The molecule has 6 amide bonds. The van der Waals surface area contributed by atoms with Gasteiger partial charge >= 0.3 is 6.09 Å². The number of rotatable bonds is 15. The van der Waals surface area contributed by atoms with Gasteiger partial charge in [0.05, 0.1) is 24.3 Å². The molecule has 15 heteroatoms. The first kappa shape index (κ1) is 43.6. The van der Waals surface area contributed by atoms with Crippen molar-refractivity contribution in [3.8, 4) is 0 Å². The van der Waals surface area contributed by atoms with Crippen LogP contribution in [0.5, 0.6) is 0 Å². The van der Waals surface area contributed by atoms with Gasteiger partial charge in [-0.25, -0.2) is 4.79 Å². The summed E-state index contributed by atoms with van der Waals surface area (Å²) in [5.74, 6) is -4.89. The third-order valence-corrected chi connectivity index (χ3v) is 7.98. The first-order chi connectivity index (χ1) is 23.9. The summed E-state index contributed by atoms with van der Waals surface area (Å²) in [5, 5.41) is 10.1. The molecule has 1 saturated heterocycles. The minimum absolute atomic E-state index is 0.0369. The number of amides is 6. The zero-order valence-corrected chi connectivity index (χ0v) is 32.2. The number of Topliss-reactive ketones (excluding diaryl/α,β-unsaturated/α-hetero) is 1. The average Bonchev–Trinajstić information content (AvgIpc) is 3.43. The van der Waals surface area contributed by atoms with E-state index in [4.69, 9.17) is 15.2 Å². The van der Waals surface area contributed by atoms with Gasteiger partial charge in [-0.3, -0.25) is 28.8 Å². The topological polar surface area (TPSA) is 215 Å². The van der Waals surface area contributed by atoms with Gasteiger partial charge in [0.2, 0.25) is 29.4 Å². The van der Waals surface area contributed by atoms with Crippen LogP contribution in [0.2, 0.25) is 0 Å². The van der Waals surface area contributed by atoms with Gasteiger partial charge in [0.25, 0.3) is 5.91 Å². The van der Waals surface area contributed by atoms with Crippen molar-refractivity contribution in [3.63, 3.8) is 0 Å². The highest BCUT2D eigenvalue weighted by Crippen LogP contribution is 2.29. The number of unbranched alkanes of at least 4 members (excludes halogenated alkanes) is 1. The highest BCUT2D eigenvalue weighted by molar-refractivity contribution is 6.38. The fourth-order valence-corrected chi connectivity index (χ4v) is 5.64. The van der Waals surface area contributed by atoms with Crippen molar-refractivity contribution in [2.45, 2.75) is 136 Å². The highest BCUT2D eigenvalue weighted by atomic mass is 16.6. The first-order valence-corrected chi connectivity index (χ1v) is 17.7. The summed E-state index contributed by atoms with van der Waals surface area (Å²) in [6.07, 6.45) is 0.00771. The maximum absolute atomic E-state index is 14.2. The summed E-state index contributed by atoms with van der Waals surface area (Å²) in [7, 11) is 0. The summed E-state index contributed by atoms with van der Waals surface area (Å²) in [4.78, 5) is 93.4. The first-order valence-electron chi connectivity index (χ1n) is 17.7. The third kappa shape index (κ3) is 13.9. The molecule has 1 aromatic carbocycles. The van der Waals surface area contributed by atoms with E-state index in [-0.39, 0.29) is 19.4 Å². The molecule has 15 nitrogen and oxygen atoms in total. The summed E-state index contributed by atoms with van der Waals surface area (Å²) in [6.45, 7) is 17.3. The summed E-state index contributed by atoms with van der Waals surface area (Å²) >= 11 is 0. The standard InChI is InChI=1S/C37H58N6O9/c1-11-12-18-24(28(45)32(48)39-20-26(44)41-27(30(38)46)22-16-14-13-15-17-22)40-31(47)25-19-23(51-36(5,6)7)21-43(25)33(49)29(35(2,3)4)42-34(50)52-37(8,9)10/h13-17,23-25,27,29H,11-12,18-21H2,1-10H3,(H2,38,46)(H,39,48)(H,40,47)(H,41,44)(H,42,50). The van der Waals surface area contributed by atoms with Crippen LogP contribution in [0.3, 0.4) is 0 Å². The Balaban J connectivity index is 2.27. The van der Waals surface area contributed by atoms with Crippen LogP contribution in [-0.4, -0.2) is 94.8 Å². The van der Waals surface area contributed by atoms with Crippen molar-refractivity contribution in [2.24, 2.45) is 11.1 Å². The maximum Gasteiger partial charge on any atom is 0.408 e. The Labute approximate surface area is 306 Å². The Kier molecular flexibility index (Phi) is 15.4. The molecular formula is C37H58N6O9. The highest BCUT2D eigenvalue weighted by Gasteiger charge is 2.47. The van der Waals surface area contributed by atoms with Crippen LogP contribution in [-0.2, 0) is 38.2 Å². The zero-order chi connectivity index (χ0) is 39.6. The fraction of sp³-hybridized carbons (Fsp3) is 0.649. The molecule has 0 aliphatic carbocycles. The van der Waals surface area contributed by atoms with E-state index >= 15 is 0 Å². The average molecular weight is 731 g/mol. The van der Waals surface area contributed by atoms with Gasteiger partial charge in [0.1, 0.15) is 23.7 Å². The molecule has 2 rings (SSSR count). The largest absolute Gasteiger partial charge is 0.444 e. The van der Waals surface area contributed by atoms with Gasteiger partial charge in [0.15, 0.2) is 0 Å². The molecule has 1 aromatic rings. The van der Waals surface area contributed by atoms with E-state index in [1.807, 2.05) is 27.7 Å². The van der Waals surface area contributed by atoms with E-state index in [1.165, 1.54) is 4.90 Å². The van der Waals surface area contributed by atoms with E-state index in [0.29, 0.717) is 18.4 Å².